The summed E-state index contributed by atoms with van der Waals surface area (Å²) in [6.45, 7) is 4.25. The minimum absolute atomic E-state index is 0.0426. The number of ether oxygens (including phenoxy) is 1. The van der Waals surface area contributed by atoms with E-state index >= 15 is 0 Å². The van der Waals surface area contributed by atoms with Crippen LogP contribution in [0.15, 0.2) is 22.7 Å². The molecule has 0 aromatic heterocycles. The normalized spacial score (nSPS) is 13.3. The summed E-state index contributed by atoms with van der Waals surface area (Å²) in [5.41, 5.74) is 1.08. The van der Waals surface area contributed by atoms with Crippen molar-refractivity contribution in [3.63, 3.8) is 0 Å². The predicted molar refractivity (Wildman–Crippen MR) is 76.1 cm³/mol. The summed E-state index contributed by atoms with van der Waals surface area (Å²) in [6, 6.07) is 5.67. The van der Waals surface area contributed by atoms with Crippen LogP contribution in [0.2, 0.25) is 0 Å². The Bertz CT molecular complexity index is 502. The maximum Gasteiger partial charge on any atom is 0.209 e. The third-order valence-electron chi connectivity index (χ3n) is 2.66. The van der Waals surface area contributed by atoms with Gasteiger partial charge >= 0.3 is 0 Å². The van der Waals surface area contributed by atoms with Crippen molar-refractivity contribution < 1.29 is 13.2 Å². The molecule has 4 nitrogen and oxygen atoms in total. The maximum atomic E-state index is 11.0. The molecule has 0 heterocycles. The van der Waals surface area contributed by atoms with Gasteiger partial charge in [0.1, 0.15) is 5.75 Å². The van der Waals surface area contributed by atoms with Crippen molar-refractivity contribution in [1.29, 1.82) is 0 Å². The molecule has 1 rings (SSSR count). The summed E-state index contributed by atoms with van der Waals surface area (Å²) in [6.07, 6.45) is 0.714. The van der Waals surface area contributed by atoms with E-state index < -0.39 is 10.0 Å². The van der Waals surface area contributed by atoms with E-state index in [1.165, 1.54) is 0 Å². The molecule has 0 bridgehead atoms. The molecule has 18 heavy (non-hydrogen) atoms. The minimum atomic E-state index is -3.44. The van der Waals surface area contributed by atoms with Crippen molar-refractivity contribution >= 4 is 26.0 Å². The fourth-order valence-corrected chi connectivity index (χ4v) is 2.77. The molecule has 1 aromatic rings. The lowest BCUT2D eigenvalue weighted by Gasteiger charge is -2.15. The van der Waals surface area contributed by atoms with Crippen LogP contribution in [0.5, 0.6) is 5.75 Å². The Labute approximate surface area is 117 Å². The molecule has 2 N–H and O–H groups in total. The highest BCUT2D eigenvalue weighted by atomic mass is 79.9. The fraction of sp³-hybridized carbons (Fsp3) is 0.500. The zero-order valence-electron chi connectivity index (χ0n) is 10.5. The Morgan fingerprint density at radius 3 is 2.61 bits per heavy atom. The monoisotopic (exact) mass is 335 g/mol. The van der Waals surface area contributed by atoms with Crippen LogP contribution in [0.1, 0.15) is 18.9 Å². The maximum absolute atomic E-state index is 11.0. The first-order valence-electron chi connectivity index (χ1n) is 5.71. The SMILES string of the molecule is CCC(COc1ccc(Br)c(C)c1)CS(N)(=O)=O. The van der Waals surface area contributed by atoms with Crippen LogP contribution < -0.4 is 9.88 Å². The van der Waals surface area contributed by atoms with Gasteiger partial charge in [-0.25, -0.2) is 13.6 Å². The summed E-state index contributed by atoms with van der Waals surface area (Å²) < 4.78 is 28.7. The molecule has 1 unspecified atom stereocenters. The Kier molecular flexibility index (Phi) is 5.62. The van der Waals surface area contributed by atoms with E-state index in [0.29, 0.717) is 13.0 Å². The highest BCUT2D eigenvalue weighted by Gasteiger charge is 2.15. The first-order chi connectivity index (χ1) is 8.31. The number of benzene rings is 1. The molecule has 0 aliphatic heterocycles. The van der Waals surface area contributed by atoms with Gasteiger partial charge in [-0.2, -0.15) is 0 Å². The molecule has 1 atom stereocenters. The van der Waals surface area contributed by atoms with Gasteiger partial charge in [-0.05, 0) is 37.1 Å². The van der Waals surface area contributed by atoms with Crippen LogP contribution >= 0.6 is 15.9 Å². The number of hydrogen-bond donors (Lipinski definition) is 1. The molecular weight excluding hydrogens is 318 g/mol. The second-order valence-electron chi connectivity index (χ2n) is 4.33. The number of nitrogens with two attached hydrogens (primary N) is 1. The number of rotatable bonds is 6. The molecule has 0 aliphatic carbocycles. The van der Waals surface area contributed by atoms with Gasteiger partial charge in [0.05, 0.1) is 12.4 Å². The topological polar surface area (TPSA) is 69.4 Å². The van der Waals surface area contributed by atoms with Gasteiger partial charge in [0.15, 0.2) is 0 Å². The zero-order chi connectivity index (χ0) is 13.8. The lowest BCUT2D eigenvalue weighted by atomic mass is 10.1. The quantitative estimate of drug-likeness (QED) is 0.867. The molecule has 0 fully saturated rings. The molecular formula is C12H18BrNO3S. The van der Waals surface area contributed by atoms with E-state index in [-0.39, 0.29) is 11.7 Å². The Balaban J connectivity index is 2.60. The molecule has 0 spiro atoms. The summed E-state index contributed by atoms with van der Waals surface area (Å²) >= 11 is 3.41. The lowest BCUT2D eigenvalue weighted by Crippen LogP contribution is -2.26. The van der Waals surface area contributed by atoms with Crippen molar-refractivity contribution in [1.82, 2.24) is 0 Å². The van der Waals surface area contributed by atoms with Crippen molar-refractivity contribution in [2.75, 3.05) is 12.4 Å². The van der Waals surface area contributed by atoms with Gasteiger partial charge in [-0.15, -0.1) is 0 Å². The third kappa shape index (κ3) is 5.37. The van der Waals surface area contributed by atoms with E-state index in [0.717, 1.165) is 15.8 Å². The van der Waals surface area contributed by atoms with E-state index in [1.807, 2.05) is 32.0 Å². The second-order valence-corrected chi connectivity index (χ2v) is 6.84. The Morgan fingerprint density at radius 2 is 2.11 bits per heavy atom. The van der Waals surface area contributed by atoms with Crippen LogP contribution in [0, 0.1) is 12.8 Å². The van der Waals surface area contributed by atoms with Crippen molar-refractivity contribution in [2.45, 2.75) is 20.3 Å². The molecule has 102 valence electrons. The number of primary sulfonamides is 1. The van der Waals surface area contributed by atoms with E-state index in [2.05, 4.69) is 15.9 Å². The Hall–Kier alpha value is -0.590. The minimum Gasteiger partial charge on any atom is -0.493 e. The molecule has 0 saturated heterocycles. The van der Waals surface area contributed by atoms with Gasteiger partial charge in [0, 0.05) is 10.4 Å². The van der Waals surface area contributed by atoms with Gasteiger partial charge in [-0.1, -0.05) is 22.9 Å². The number of sulfonamides is 1. The number of aryl methyl sites for hydroxylation is 1. The van der Waals surface area contributed by atoms with Gasteiger partial charge < -0.3 is 4.74 Å². The van der Waals surface area contributed by atoms with Crippen molar-refractivity contribution in [2.24, 2.45) is 11.1 Å². The smallest absolute Gasteiger partial charge is 0.209 e. The predicted octanol–water partition coefficient (Wildman–Crippen LogP) is 2.45. The first-order valence-corrected chi connectivity index (χ1v) is 8.22. The van der Waals surface area contributed by atoms with Crippen LogP contribution in [0.4, 0.5) is 0 Å². The summed E-state index contributed by atoms with van der Waals surface area (Å²) in [4.78, 5) is 0. The van der Waals surface area contributed by atoms with E-state index in [4.69, 9.17) is 9.88 Å². The van der Waals surface area contributed by atoms with E-state index in [1.54, 1.807) is 0 Å². The number of hydrogen-bond acceptors (Lipinski definition) is 3. The summed E-state index contributed by atoms with van der Waals surface area (Å²) in [5.74, 6) is 0.617. The zero-order valence-corrected chi connectivity index (χ0v) is 12.9. The average Bonchev–Trinajstić information content (AvgIpc) is 2.27. The summed E-state index contributed by atoms with van der Waals surface area (Å²) in [5, 5.41) is 5.04. The van der Waals surface area contributed by atoms with E-state index in [9.17, 15) is 8.42 Å². The van der Waals surface area contributed by atoms with Crippen LogP contribution in [0.25, 0.3) is 0 Å². The van der Waals surface area contributed by atoms with Crippen molar-refractivity contribution in [3.05, 3.63) is 28.2 Å². The molecule has 0 amide bonds. The molecule has 0 aliphatic rings. The average molecular weight is 336 g/mol. The molecule has 0 saturated carbocycles. The fourth-order valence-electron chi connectivity index (χ4n) is 1.53. The van der Waals surface area contributed by atoms with Gasteiger partial charge in [-0.3, -0.25) is 0 Å². The third-order valence-corrected chi connectivity index (χ3v) is 4.49. The molecule has 1 aromatic carbocycles. The Morgan fingerprint density at radius 1 is 1.44 bits per heavy atom. The van der Waals surface area contributed by atoms with Crippen LogP contribution in [-0.4, -0.2) is 20.8 Å². The van der Waals surface area contributed by atoms with Gasteiger partial charge in [0.2, 0.25) is 10.0 Å². The lowest BCUT2D eigenvalue weighted by molar-refractivity contribution is 0.257. The summed E-state index contributed by atoms with van der Waals surface area (Å²) in [7, 11) is -3.44. The molecule has 6 heteroatoms. The van der Waals surface area contributed by atoms with Crippen molar-refractivity contribution in [3.8, 4) is 5.75 Å². The number of halogens is 1. The highest BCUT2D eigenvalue weighted by molar-refractivity contribution is 9.10. The van der Waals surface area contributed by atoms with Crippen LogP contribution in [0.3, 0.4) is 0 Å². The largest absolute Gasteiger partial charge is 0.493 e. The second kappa shape index (κ2) is 6.54. The molecule has 0 radical (unpaired) electrons. The van der Waals surface area contributed by atoms with Gasteiger partial charge in [0.25, 0.3) is 0 Å². The highest BCUT2D eigenvalue weighted by Crippen LogP contribution is 2.22. The van der Waals surface area contributed by atoms with Crippen LogP contribution in [-0.2, 0) is 10.0 Å². The first kappa shape index (κ1) is 15.5. The standard InChI is InChI=1S/C12H18BrNO3S/c1-3-10(8-18(14,15)16)7-17-11-4-5-12(13)9(2)6-11/h4-6,10H,3,7-8H2,1-2H3,(H2,14,15,16).